The number of hydrogen-bond acceptors (Lipinski definition) is 4. The standard InChI is InChI=1S/C13H11N5O/c14-12(19)10-4-9-5-11(8-2-1-3-16-6-8)18(15)13(9)17-7-10/h1-7H,15H2,(H2,14,19). The predicted molar refractivity (Wildman–Crippen MR) is 71.6 cm³/mol. The van der Waals surface area contributed by atoms with Crippen molar-refractivity contribution in [3.63, 3.8) is 0 Å². The minimum absolute atomic E-state index is 0.357. The number of rotatable bonds is 2. The highest BCUT2D eigenvalue weighted by Crippen LogP contribution is 2.24. The molecule has 3 aromatic heterocycles. The summed E-state index contributed by atoms with van der Waals surface area (Å²) in [6.45, 7) is 0. The molecule has 0 spiro atoms. The molecule has 3 heterocycles. The van der Waals surface area contributed by atoms with Crippen LogP contribution in [0.5, 0.6) is 0 Å². The van der Waals surface area contributed by atoms with E-state index in [-0.39, 0.29) is 0 Å². The summed E-state index contributed by atoms with van der Waals surface area (Å²) in [4.78, 5) is 19.4. The Kier molecular flexibility index (Phi) is 2.42. The number of nitrogens with zero attached hydrogens (tertiary/aromatic N) is 3. The van der Waals surface area contributed by atoms with E-state index in [4.69, 9.17) is 11.6 Å². The lowest BCUT2D eigenvalue weighted by molar-refractivity contribution is 0.1000. The van der Waals surface area contributed by atoms with Crippen molar-refractivity contribution >= 4 is 16.9 Å². The van der Waals surface area contributed by atoms with Gasteiger partial charge in [-0.05, 0) is 24.3 Å². The average Bonchev–Trinajstić information content (AvgIpc) is 2.76. The third-order valence-corrected chi connectivity index (χ3v) is 2.92. The van der Waals surface area contributed by atoms with Gasteiger partial charge in [-0.3, -0.25) is 9.78 Å². The highest BCUT2D eigenvalue weighted by molar-refractivity contribution is 5.96. The minimum atomic E-state index is -0.512. The summed E-state index contributed by atoms with van der Waals surface area (Å²) in [5.74, 6) is 5.50. The van der Waals surface area contributed by atoms with Crippen LogP contribution in [0.3, 0.4) is 0 Å². The smallest absolute Gasteiger partial charge is 0.250 e. The molecule has 0 bridgehead atoms. The average molecular weight is 253 g/mol. The van der Waals surface area contributed by atoms with Gasteiger partial charge in [0.15, 0.2) is 5.65 Å². The Morgan fingerprint density at radius 1 is 1.26 bits per heavy atom. The Balaban J connectivity index is 2.23. The molecule has 19 heavy (non-hydrogen) atoms. The molecule has 0 saturated heterocycles. The van der Waals surface area contributed by atoms with Crippen LogP contribution in [0.15, 0.2) is 42.9 Å². The van der Waals surface area contributed by atoms with Gasteiger partial charge in [0, 0.05) is 29.5 Å². The second kappa shape index (κ2) is 4.09. The van der Waals surface area contributed by atoms with Gasteiger partial charge >= 0.3 is 0 Å². The Morgan fingerprint density at radius 3 is 2.79 bits per heavy atom. The minimum Gasteiger partial charge on any atom is -0.366 e. The van der Waals surface area contributed by atoms with Gasteiger partial charge in [0.2, 0.25) is 5.91 Å². The van der Waals surface area contributed by atoms with E-state index in [9.17, 15) is 4.79 Å². The molecule has 0 aromatic carbocycles. The monoisotopic (exact) mass is 253 g/mol. The molecule has 3 rings (SSSR count). The molecular weight excluding hydrogens is 242 g/mol. The number of primary amides is 1. The molecule has 3 aromatic rings. The van der Waals surface area contributed by atoms with Gasteiger partial charge in [0.25, 0.3) is 0 Å². The van der Waals surface area contributed by atoms with Gasteiger partial charge in [-0.25, -0.2) is 9.66 Å². The van der Waals surface area contributed by atoms with Crippen molar-refractivity contribution in [1.29, 1.82) is 0 Å². The van der Waals surface area contributed by atoms with Gasteiger partial charge in [-0.2, -0.15) is 0 Å². The number of nitrogens with two attached hydrogens (primary N) is 2. The molecule has 0 fully saturated rings. The Bertz CT molecular complexity index is 763. The normalized spacial score (nSPS) is 10.7. The quantitative estimate of drug-likeness (QED) is 0.663. The topological polar surface area (TPSA) is 99.8 Å². The summed E-state index contributed by atoms with van der Waals surface area (Å²) in [5, 5.41) is 0.762. The van der Waals surface area contributed by atoms with E-state index >= 15 is 0 Å². The maximum Gasteiger partial charge on any atom is 0.250 e. The maximum absolute atomic E-state index is 11.1. The van der Waals surface area contributed by atoms with Crippen LogP contribution >= 0.6 is 0 Å². The number of aromatic nitrogens is 3. The summed E-state index contributed by atoms with van der Waals surface area (Å²) in [6.07, 6.45) is 4.82. The molecule has 94 valence electrons. The van der Waals surface area contributed by atoms with Crippen molar-refractivity contribution in [2.24, 2.45) is 5.73 Å². The Labute approximate surface area is 108 Å². The van der Waals surface area contributed by atoms with Crippen LogP contribution < -0.4 is 11.6 Å². The molecule has 0 aliphatic rings. The predicted octanol–water partition coefficient (Wildman–Crippen LogP) is 0.911. The molecule has 0 radical (unpaired) electrons. The lowest BCUT2D eigenvalue weighted by Crippen LogP contribution is -2.12. The van der Waals surface area contributed by atoms with Crippen LogP contribution in [0.4, 0.5) is 0 Å². The lowest BCUT2D eigenvalue weighted by Gasteiger charge is -2.02. The summed E-state index contributed by atoms with van der Waals surface area (Å²) < 4.78 is 1.47. The van der Waals surface area contributed by atoms with E-state index in [0.717, 1.165) is 16.6 Å². The molecule has 0 aliphatic carbocycles. The molecule has 4 N–H and O–H groups in total. The zero-order chi connectivity index (χ0) is 13.4. The fraction of sp³-hybridized carbons (Fsp3) is 0. The lowest BCUT2D eigenvalue weighted by atomic mass is 10.2. The molecule has 6 nitrogen and oxygen atoms in total. The molecule has 0 saturated carbocycles. The van der Waals surface area contributed by atoms with E-state index in [2.05, 4.69) is 9.97 Å². The Hall–Kier alpha value is -2.89. The van der Waals surface area contributed by atoms with Crippen molar-refractivity contribution in [1.82, 2.24) is 14.6 Å². The van der Waals surface area contributed by atoms with Crippen molar-refractivity contribution in [2.45, 2.75) is 0 Å². The molecule has 0 atom stereocenters. The number of carbonyl (C=O) groups is 1. The first-order valence-corrected chi connectivity index (χ1v) is 5.63. The van der Waals surface area contributed by atoms with E-state index in [1.54, 1.807) is 18.5 Å². The number of carbonyl (C=O) groups excluding carboxylic acids is 1. The maximum atomic E-state index is 11.1. The van der Waals surface area contributed by atoms with Gasteiger partial charge in [0.1, 0.15) is 0 Å². The number of fused-ring (bicyclic) bond motifs is 1. The second-order valence-corrected chi connectivity index (χ2v) is 4.14. The van der Waals surface area contributed by atoms with E-state index in [0.29, 0.717) is 11.2 Å². The first-order valence-electron chi connectivity index (χ1n) is 5.63. The van der Waals surface area contributed by atoms with Crippen molar-refractivity contribution < 1.29 is 4.79 Å². The first kappa shape index (κ1) is 11.2. The largest absolute Gasteiger partial charge is 0.366 e. The zero-order valence-corrected chi connectivity index (χ0v) is 9.95. The van der Waals surface area contributed by atoms with Crippen LogP contribution in [-0.2, 0) is 0 Å². The van der Waals surface area contributed by atoms with Crippen molar-refractivity contribution in [3.8, 4) is 11.3 Å². The molecule has 0 unspecified atom stereocenters. The fourth-order valence-corrected chi connectivity index (χ4v) is 1.98. The van der Waals surface area contributed by atoms with Crippen molar-refractivity contribution in [3.05, 3.63) is 48.4 Å². The number of hydrogen-bond donors (Lipinski definition) is 2. The summed E-state index contributed by atoms with van der Waals surface area (Å²) in [5.41, 5.74) is 7.83. The van der Waals surface area contributed by atoms with E-state index < -0.39 is 5.91 Å². The molecule has 1 amide bonds. The summed E-state index contributed by atoms with van der Waals surface area (Å²) >= 11 is 0. The molecular formula is C13H11N5O. The third kappa shape index (κ3) is 1.79. The van der Waals surface area contributed by atoms with Gasteiger partial charge in [-0.15, -0.1) is 0 Å². The highest BCUT2D eigenvalue weighted by Gasteiger charge is 2.11. The number of pyridine rings is 2. The van der Waals surface area contributed by atoms with Crippen LogP contribution in [-0.4, -0.2) is 20.6 Å². The van der Waals surface area contributed by atoms with Crippen LogP contribution in [0.2, 0.25) is 0 Å². The zero-order valence-electron chi connectivity index (χ0n) is 9.95. The molecule has 0 aliphatic heterocycles. The third-order valence-electron chi connectivity index (χ3n) is 2.92. The van der Waals surface area contributed by atoms with E-state index in [1.807, 2.05) is 18.2 Å². The first-order chi connectivity index (χ1) is 9.16. The van der Waals surface area contributed by atoms with Crippen LogP contribution in [0.1, 0.15) is 10.4 Å². The SMILES string of the molecule is NC(=O)c1cnc2c(c1)cc(-c1cccnc1)n2N. The fourth-order valence-electron chi connectivity index (χ4n) is 1.98. The summed E-state index contributed by atoms with van der Waals surface area (Å²) in [7, 11) is 0. The second-order valence-electron chi connectivity index (χ2n) is 4.14. The van der Waals surface area contributed by atoms with E-state index in [1.165, 1.54) is 10.9 Å². The van der Waals surface area contributed by atoms with Crippen LogP contribution in [0.25, 0.3) is 22.3 Å². The van der Waals surface area contributed by atoms with Crippen LogP contribution in [0, 0.1) is 0 Å². The highest BCUT2D eigenvalue weighted by atomic mass is 16.1. The van der Waals surface area contributed by atoms with Gasteiger partial charge in [-0.1, -0.05) is 0 Å². The van der Waals surface area contributed by atoms with Crippen molar-refractivity contribution in [2.75, 3.05) is 5.84 Å². The van der Waals surface area contributed by atoms with Gasteiger partial charge < -0.3 is 11.6 Å². The Morgan fingerprint density at radius 2 is 2.11 bits per heavy atom. The number of amides is 1. The van der Waals surface area contributed by atoms with Gasteiger partial charge in [0.05, 0.1) is 11.3 Å². The number of nitrogen functional groups attached to an aromatic ring is 1. The molecule has 6 heteroatoms. The summed E-state index contributed by atoms with van der Waals surface area (Å²) in [6, 6.07) is 7.26.